The number of halogens is 1. The number of hydrogen-bond donors (Lipinski definition) is 4. The average molecular weight is 404 g/mol. The van der Waals surface area contributed by atoms with Gasteiger partial charge in [-0.15, -0.1) is 0 Å². The monoisotopic (exact) mass is 403 g/mol. The zero-order chi connectivity index (χ0) is 17.8. The summed E-state index contributed by atoms with van der Waals surface area (Å²) in [5.74, 6) is 0.582. The van der Waals surface area contributed by atoms with Crippen LogP contribution in [0.15, 0.2) is 40.9 Å². The van der Waals surface area contributed by atoms with Crippen LogP contribution in [0.3, 0.4) is 0 Å². The number of anilines is 3. The fraction of sp³-hybridized carbons (Fsp3) is 0.333. The molecule has 1 aromatic carbocycles. The number of nitrogens with zero attached hydrogens (tertiary/aromatic N) is 1. The summed E-state index contributed by atoms with van der Waals surface area (Å²) in [6, 6.07) is 11.4. The number of nitrogens with two attached hydrogens (primary N) is 2. The third-order valence-corrected chi connectivity index (χ3v) is 5.13. The Morgan fingerprint density at radius 1 is 1.16 bits per heavy atom. The molecule has 1 fully saturated rings. The lowest BCUT2D eigenvalue weighted by atomic mass is 9.91. The minimum absolute atomic E-state index is 0.117. The van der Waals surface area contributed by atoms with Crippen molar-refractivity contribution in [3.63, 3.8) is 0 Å². The van der Waals surface area contributed by atoms with E-state index < -0.39 is 5.91 Å². The van der Waals surface area contributed by atoms with Crippen LogP contribution >= 0.6 is 15.9 Å². The molecular weight excluding hydrogens is 382 g/mol. The van der Waals surface area contributed by atoms with Gasteiger partial charge in [0.15, 0.2) is 0 Å². The molecule has 6 nitrogen and oxygen atoms in total. The second-order valence-corrected chi connectivity index (χ2v) is 7.12. The molecule has 0 radical (unpaired) electrons. The summed E-state index contributed by atoms with van der Waals surface area (Å²) in [7, 11) is 0. The lowest BCUT2D eigenvalue weighted by molar-refractivity contribution is 0.100. The molecule has 0 bridgehead atoms. The van der Waals surface area contributed by atoms with E-state index in [0.717, 1.165) is 29.4 Å². The number of amides is 1. The maximum Gasteiger partial charge on any atom is 0.252 e. The first-order valence-corrected chi connectivity index (χ1v) is 9.18. The molecule has 132 valence electrons. The second-order valence-electron chi connectivity index (χ2n) is 6.26. The van der Waals surface area contributed by atoms with Crippen LogP contribution in [0.5, 0.6) is 0 Å². The van der Waals surface area contributed by atoms with Gasteiger partial charge in [0.2, 0.25) is 0 Å². The highest BCUT2D eigenvalue weighted by Crippen LogP contribution is 2.28. The van der Waals surface area contributed by atoms with Crippen molar-refractivity contribution in [3.05, 3.63) is 46.4 Å². The highest BCUT2D eigenvalue weighted by Gasteiger charge is 2.22. The van der Waals surface area contributed by atoms with E-state index in [1.165, 1.54) is 6.42 Å². The summed E-state index contributed by atoms with van der Waals surface area (Å²) >= 11 is 3.48. The molecule has 1 aliphatic carbocycles. The highest BCUT2D eigenvalue weighted by atomic mass is 79.9. The van der Waals surface area contributed by atoms with Crippen molar-refractivity contribution in [2.24, 2.45) is 11.5 Å². The molecule has 1 heterocycles. The Balaban J connectivity index is 1.87. The molecule has 1 aliphatic rings. The summed E-state index contributed by atoms with van der Waals surface area (Å²) in [5, 5.41) is 6.58. The van der Waals surface area contributed by atoms with Crippen molar-refractivity contribution in [1.82, 2.24) is 4.98 Å². The summed E-state index contributed by atoms with van der Waals surface area (Å²) in [4.78, 5) is 16.3. The maximum absolute atomic E-state index is 11.7. The van der Waals surface area contributed by atoms with Crippen molar-refractivity contribution in [2.75, 3.05) is 10.6 Å². The Morgan fingerprint density at radius 3 is 2.64 bits per heavy atom. The van der Waals surface area contributed by atoms with Gasteiger partial charge >= 0.3 is 0 Å². The molecular formula is C18H22BrN5O. The van der Waals surface area contributed by atoms with Crippen LogP contribution in [0.1, 0.15) is 36.0 Å². The molecule has 0 spiro atoms. The molecule has 0 saturated heterocycles. The van der Waals surface area contributed by atoms with Crippen LogP contribution < -0.4 is 22.1 Å². The third-order valence-electron chi connectivity index (χ3n) is 4.44. The molecule has 2 aromatic rings. The fourth-order valence-corrected chi connectivity index (χ4v) is 3.44. The first-order valence-electron chi connectivity index (χ1n) is 8.39. The Hall–Kier alpha value is -2.12. The van der Waals surface area contributed by atoms with Crippen LogP contribution in [0.2, 0.25) is 0 Å². The topological polar surface area (TPSA) is 106 Å². The Kier molecular flexibility index (Phi) is 5.55. The van der Waals surface area contributed by atoms with E-state index >= 15 is 0 Å². The van der Waals surface area contributed by atoms with E-state index in [1.54, 1.807) is 12.1 Å². The summed E-state index contributed by atoms with van der Waals surface area (Å²) < 4.78 is 0.875. The third kappa shape index (κ3) is 4.29. The van der Waals surface area contributed by atoms with E-state index in [2.05, 4.69) is 31.5 Å². The van der Waals surface area contributed by atoms with Gasteiger partial charge in [0.25, 0.3) is 5.91 Å². The molecule has 0 aliphatic heterocycles. The van der Waals surface area contributed by atoms with Crippen LogP contribution in [0, 0.1) is 0 Å². The number of rotatable bonds is 5. The molecule has 1 saturated carbocycles. The smallest absolute Gasteiger partial charge is 0.252 e. The Morgan fingerprint density at radius 2 is 1.92 bits per heavy atom. The van der Waals surface area contributed by atoms with E-state index in [4.69, 9.17) is 11.5 Å². The minimum Gasteiger partial charge on any atom is -0.366 e. The van der Waals surface area contributed by atoms with Gasteiger partial charge in [0.05, 0.1) is 11.3 Å². The summed E-state index contributed by atoms with van der Waals surface area (Å²) in [6.45, 7) is 0. The van der Waals surface area contributed by atoms with Gasteiger partial charge in [-0.1, -0.05) is 25.0 Å². The minimum atomic E-state index is -0.525. The van der Waals surface area contributed by atoms with Gasteiger partial charge in [-0.05, 0) is 53.0 Å². The zero-order valence-electron chi connectivity index (χ0n) is 13.8. The molecule has 7 heteroatoms. The van der Waals surface area contributed by atoms with Crippen LogP contribution in [-0.4, -0.2) is 23.0 Å². The first-order chi connectivity index (χ1) is 12.0. The second kappa shape index (κ2) is 7.84. The number of carbonyl (C=O) groups excluding carboxylic acids is 1. The van der Waals surface area contributed by atoms with Crippen LogP contribution in [0.25, 0.3) is 0 Å². The van der Waals surface area contributed by atoms with Crippen LogP contribution in [-0.2, 0) is 0 Å². The van der Waals surface area contributed by atoms with Gasteiger partial charge in [0, 0.05) is 16.6 Å². The largest absolute Gasteiger partial charge is 0.366 e. The van der Waals surface area contributed by atoms with Gasteiger partial charge in [-0.2, -0.15) is 0 Å². The molecule has 1 amide bonds. The standard InChI is InChI=1S/C18H22BrN5O/c19-12-5-1-3-7-14(12)23-18-11(17(21)25)9-10-16(24-18)22-15-8-4-2-6-13(15)20/h1,3,5,7,9-10,13,15H,2,4,6,8,20H2,(H2,21,25)(H2,22,23,24). The Labute approximate surface area is 155 Å². The molecule has 3 rings (SSSR count). The van der Waals surface area contributed by atoms with Crippen molar-refractivity contribution in [2.45, 2.75) is 37.8 Å². The number of primary amides is 1. The fourth-order valence-electron chi connectivity index (χ4n) is 3.05. The normalized spacial score (nSPS) is 20.1. The lowest BCUT2D eigenvalue weighted by Gasteiger charge is -2.29. The SMILES string of the molecule is NC(=O)c1ccc(NC2CCCCC2N)nc1Nc1ccccc1Br. The predicted octanol–water partition coefficient (Wildman–Crippen LogP) is 3.37. The molecule has 2 unspecified atom stereocenters. The zero-order valence-corrected chi connectivity index (χ0v) is 15.4. The number of pyridine rings is 1. The maximum atomic E-state index is 11.7. The van der Waals surface area contributed by atoms with E-state index in [0.29, 0.717) is 17.2 Å². The number of para-hydroxylation sites is 1. The Bertz CT molecular complexity index is 767. The van der Waals surface area contributed by atoms with Crippen LogP contribution in [0.4, 0.5) is 17.3 Å². The molecule has 2 atom stereocenters. The molecule has 25 heavy (non-hydrogen) atoms. The number of aromatic nitrogens is 1. The van der Waals surface area contributed by atoms with E-state index in [9.17, 15) is 4.79 Å². The summed E-state index contributed by atoms with van der Waals surface area (Å²) in [6.07, 6.45) is 4.36. The number of hydrogen-bond acceptors (Lipinski definition) is 5. The lowest BCUT2D eigenvalue weighted by Crippen LogP contribution is -2.42. The average Bonchev–Trinajstić information content (AvgIpc) is 2.59. The van der Waals surface area contributed by atoms with Gasteiger partial charge in [0.1, 0.15) is 11.6 Å². The number of benzene rings is 1. The predicted molar refractivity (Wildman–Crippen MR) is 104 cm³/mol. The van der Waals surface area contributed by atoms with Crippen molar-refractivity contribution >= 4 is 39.2 Å². The van der Waals surface area contributed by atoms with E-state index in [-0.39, 0.29) is 12.1 Å². The number of nitrogens with one attached hydrogen (secondary N) is 2. The number of carbonyl (C=O) groups is 1. The first kappa shape index (κ1) is 17.7. The van der Waals surface area contributed by atoms with Crippen molar-refractivity contribution in [1.29, 1.82) is 0 Å². The van der Waals surface area contributed by atoms with Gasteiger partial charge in [-0.3, -0.25) is 4.79 Å². The summed E-state index contributed by atoms with van der Waals surface area (Å²) in [5.41, 5.74) is 12.8. The van der Waals surface area contributed by atoms with Gasteiger partial charge < -0.3 is 22.1 Å². The van der Waals surface area contributed by atoms with Gasteiger partial charge in [-0.25, -0.2) is 4.98 Å². The van der Waals surface area contributed by atoms with Crippen molar-refractivity contribution in [3.8, 4) is 0 Å². The van der Waals surface area contributed by atoms with Crippen molar-refractivity contribution < 1.29 is 4.79 Å². The molecule has 1 aromatic heterocycles. The van der Waals surface area contributed by atoms with E-state index in [1.807, 2.05) is 24.3 Å². The molecule has 6 N–H and O–H groups in total. The quantitative estimate of drug-likeness (QED) is 0.612. The highest BCUT2D eigenvalue weighted by molar-refractivity contribution is 9.10.